The molecule has 2 aliphatic heterocycles. The molecule has 0 aromatic heterocycles. The summed E-state index contributed by atoms with van der Waals surface area (Å²) in [5, 5.41) is 1.07. The lowest BCUT2D eigenvalue weighted by Gasteiger charge is -2.15. The van der Waals surface area contributed by atoms with Crippen LogP contribution in [0.3, 0.4) is 0 Å². The van der Waals surface area contributed by atoms with Crippen LogP contribution in [0.25, 0.3) is 6.08 Å². The van der Waals surface area contributed by atoms with Crippen molar-refractivity contribution in [1.29, 1.82) is 0 Å². The normalized spacial score (nSPS) is 16.6. The van der Waals surface area contributed by atoms with Crippen LogP contribution in [-0.2, 0) is 4.79 Å². The van der Waals surface area contributed by atoms with Crippen molar-refractivity contribution < 1.29 is 23.8 Å². The summed E-state index contributed by atoms with van der Waals surface area (Å²) in [4.78, 5) is 25.5. The van der Waals surface area contributed by atoms with Gasteiger partial charge in [-0.15, -0.1) is 0 Å². The van der Waals surface area contributed by atoms with E-state index in [1.807, 2.05) is 6.07 Å². The van der Waals surface area contributed by atoms with Crippen LogP contribution in [0.2, 0.25) is 0 Å². The number of nitrogens with zero attached hydrogens (tertiary/aromatic N) is 1. The predicted octanol–water partition coefficient (Wildman–Crippen LogP) is 2.97. The third-order valence-corrected chi connectivity index (χ3v) is 5.36. The van der Waals surface area contributed by atoms with Gasteiger partial charge in [0, 0.05) is 5.56 Å². The number of rotatable bonds is 4. The molecule has 28 heavy (non-hydrogen) atoms. The standard InChI is InChI=1S/C19H14N2O5S2/c1-24-13-5-3-12(4-6-13)17(22)20-21-18(23)16(28-19(21)27)9-11-2-7-14-15(8-11)26-10-25-14/h2-9H,10H2,1H3,(H,20,22)/b16-9+. The number of fused-ring (bicyclic) bond motifs is 1. The van der Waals surface area contributed by atoms with Gasteiger partial charge in [-0.2, -0.15) is 5.01 Å². The Bertz CT molecular complexity index is 1000. The second-order valence-corrected chi connectivity index (χ2v) is 7.48. The molecule has 1 N–H and O–H groups in total. The number of methoxy groups -OCH3 is 1. The van der Waals surface area contributed by atoms with Gasteiger partial charge in [0.05, 0.1) is 12.0 Å². The number of hydrazine groups is 1. The second-order valence-electron chi connectivity index (χ2n) is 5.80. The highest BCUT2D eigenvalue weighted by molar-refractivity contribution is 8.26. The summed E-state index contributed by atoms with van der Waals surface area (Å²) in [7, 11) is 1.54. The molecule has 0 saturated carbocycles. The number of carbonyl (C=O) groups is 2. The van der Waals surface area contributed by atoms with Gasteiger partial charge >= 0.3 is 0 Å². The van der Waals surface area contributed by atoms with Crippen molar-refractivity contribution in [3.63, 3.8) is 0 Å². The van der Waals surface area contributed by atoms with Crippen LogP contribution >= 0.6 is 24.0 Å². The smallest absolute Gasteiger partial charge is 0.285 e. The molecule has 0 aliphatic carbocycles. The summed E-state index contributed by atoms with van der Waals surface area (Å²) >= 11 is 6.36. The van der Waals surface area contributed by atoms with Crippen molar-refractivity contribution >= 4 is 46.2 Å². The molecule has 2 aromatic rings. The van der Waals surface area contributed by atoms with Crippen molar-refractivity contribution in [1.82, 2.24) is 10.4 Å². The Morgan fingerprint density at radius 3 is 2.71 bits per heavy atom. The van der Waals surface area contributed by atoms with Gasteiger partial charge in [0.1, 0.15) is 5.75 Å². The van der Waals surface area contributed by atoms with Gasteiger partial charge in [-0.1, -0.05) is 17.8 Å². The van der Waals surface area contributed by atoms with E-state index in [0.717, 1.165) is 22.3 Å². The molecule has 0 spiro atoms. The molecule has 0 bridgehead atoms. The van der Waals surface area contributed by atoms with Gasteiger partial charge < -0.3 is 14.2 Å². The maximum atomic E-state index is 12.7. The van der Waals surface area contributed by atoms with E-state index in [9.17, 15) is 9.59 Å². The molecule has 1 fully saturated rings. The Balaban J connectivity index is 1.49. The zero-order valence-electron chi connectivity index (χ0n) is 14.6. The van der Waals surface area contributed by atoms with Gasteiger partial charge in [0.25, 0.3) is 11.8 Å². The lowest BCUT2D eigenvalue weighted by molar-refractivity contribution is -0.123. The minimum Gasteiger partial charge on any atom is -0.497 e. The molecule has 2 heterocycles. The second kappa shape index (κ2) is 7.53. The first-order valence-electron chi connectivity index (χ1n) is 8.18. The van der Waals surface area contributed by atoms with E-state index < -0.39 is 11.8 Å². The monoisotopic (exact) mass is 414 g/mol. The van der Waals surface area contributed by atoms with Crippen LogP contribution in [0.4, 0.5) is 0 Å². The lowest BCUT2D eigenvalue weighted by atomic mass is 10.2. The van der Waals surface area contributed by atoms with E-state index >= 15 is 0 Å². The van der Waals surface area contributed by atoms with Crippen molar-refractivity contribution in [3.05, 3.63) is 58.5 Å². The van der Waals surface area contributed by atoms with Crippen molar-refractivity contribution in [3.8, 4) is 17.2 Å². The molecule has 0 atom stereocenters. The van der Waals surface area contributed by atoms with Crippen molar-refractivity contribution in [2.45, 2.75) is 0 Å². The Hall–Kier alpha value is -3.04. The fourth-order valence-corrected chi connectivity index (χ4v) is 3.81. The van der Waals surface area contributed by atoms with Crippen LogP contribution in [0.5, 0.6) is 17.2 Å². The summed E-state index contributed by atoms with van der Waals surface area (Å²) in [6, 6.07) is 11.9. The fraction of sp³-hybridized carbons (Fsp3) is 0.105. The van der Waals surface area contributed by atoms with Crippen LogP contribution < -0.4 is 19.6 Å². The molecule has 0 unspecified atom stereocenters. The maximum Gasteiger partial charge on any atom is 0.285 e. The van der Waals surface area contributed by atoms with E-state index in [1.165, 1.54) is 0 Å². The summed E-state index contributed by atoms with van der Waals surface area (Å²) in [5.74, 6) is 1.08. The first kappa shape index (κ1) is 18.3. The van der Waals surface area contributed by atoms with Gasteiger partial charge in [-0.3, -0.25) is 15.0 Å². The number of carbonyl (C=O) groups excluding carboxylic acids is 2. The summed E-state index contributed by atoms with van der Waals surface area (Å²) in [6.07, 6.45) is 1.70. The van der Waals surface area contributed by atoms with Crippen molar-refractivity contribution in [2.75, 3.05) is 13.9 Å². The number of amides is 2. The highest BCUT2D eigenvalue weighted by Crippen LogP contribution is 2.36. The van der Waals surface area contributed by atoms with Crippen LogP contribution in [-0.4, -0.2) is 35.0 Å². The highest BCUT2D eigenvalue weighted by Gasteiger charge is 2.34. The highest BCUT2D eigenvalue weighted by atomic mass is 32.2. The predicted molar refractivity (Wildman–Crippen MR) is 108 cm³/mol. The molecule has 2 aromatic carbocycles. The lowest BCUT2D eigenvalue weighted by Crippen LogP contribution is -2.44. The molecule has 4 rings (SSSR count). The SMILES string of the molecule is COc1ccc(C(=O)NN2C(=O)/C(=C\c3ccc4c(c3)OCO4)SC2=S)cc1. The number of hydrogen-bond acceptors (Lipinski definition) is 7. The number of benzene rings is 2. The summed E-state index contributed by atoms with van der Waals surface area (Å²) in [5.41, 5.74) is 3.70. The zero-order chi connectivity index (χ0) is 19.7. The Labute approximate surface area is 170 Å². The molecule has 1 saturated heterocycles. The van der Waals surface area contributed by atoms with Crippen LogP contribution in [0.1, 0.15) is 15.9 Å². The van der Waals surface area contributed by atoms with Gasteiger partial charge in [0.15, 0.2) is 15.8 Å². The van der Waals surface area contributed by atoms with E-state index in [4.69, 9.17) is 26.4 Å². The Morgan fingerprint density at radius 2 is 1.96 bits per heavy atom. The summed E-state index contributed by atoms with van der Waals surface area (Å²) < 4.78 is 15.9. The first-order chi connectivity index (χ1) is 13.5. The van der Waals surface area contributed by atoms with E-state index in [2.05, 4.69) is 5.43 Å². The first-order valence-corrected chi connectivity index (χ1v) is 9.40. The number of thiocarbonyl (C=S) groups is 1. The molecule has 7 nitrogen and oxygen atoms in total. The Kier molecular flexibility index (Phi) is 4.93. The minimum absolute atomic E-state index is 0.179. The largest absolute Gasteiger partial charge is 0.497 e. The zero-order valence-corrected chi connectivity index (χ0v) is 16.3. The number of thioether (sulfide) groups is 1. The minimum atomic E-state index is -0.441. The molecular weight excluding hydrogens is 400 g/mol. The quantitative estimate of drug-likeness (QED) is 0.609. The maximum absolute atomic E-state index is 12.7. The summed E-state index contributed by atoms with van der Waals surface area (Å²) in [6.45, 7) is 0.179. The van der Waals surface area contributed by atoms with Crippen LogP contribution in [0.15, 0.2) is 47.4 Å². The molecule has 9 heteroatoms. The third-order valence-electron chi connectivity index (χ3n) is 4.05. The average molecular weight is 414 g/mol. The van der Waals surface area contributed by atoms with E-state index in [-0.39, 0.29) is 11.1 Å². The van der Waals surface area contributed by atoms with Gasteiger partial charge in [-0.05, 0) is 60.3 Å². The van der Waals surface area contributed by atoms with Crippen molar-refractivity contribution in [2.24, 2.45) is 0 Å². The fourth-order valence-electron chi connectivity index (χ4n) is 2.63. The third kappa shape index (κ3) is 3.54. The number of hydrogen-bond donors (Lipinski definition) is 1. The average Bonchev–Trinajstić information content (AvgIpc) is 3.27. The topological polar surface area (TPSA) is 77.1 Å². The van der Waals surface area contributed by atoms with E-state index in [0.29, 0.717) is 27.7 Å². The molecule has 2 amide bonds. The number of nitrogens with one attached hydrogen (secondary N) is 1. The molecular formula is C19H14N2O5S2. The number of ether oxygens (including phenoxy) is 3. The van der Waals surface area contributed by atoms with Gasteiger partial charge in [0.2, 0.25) is 6.79 Å². The van der Waals surface area contributed by atoms with E-state index in [1.54, 1.807) is 49.6 Å². The van der Waals surface area contributed by atoms with Crippen LogP contribution in [0, 0.1) is 0 Å². The molecule has 2 aliphatic rings. The Morgan fingerprint density at radius 1 is 1.21 bits per heavy atom. The molecule has 0 radical (unpaired) electrons. The molecule has 142 valence electrons. The van der Waals surface area contributed by atoms with Gasteiger partial charge in [-0.25, -0.2) is 0 Å².